The fourth-order valence-electron chi connectivity index (χ4n) is 4.92. The summed E-state index contributed by atoms with van der Waals surface area (Å²) < 4.78 is 10.9. The first-order chi connectivity index (χ1) is 17.1. The third kappa shape index (κ3) is 5.15. The topological polar surface area (TPSA) is 135 Å². The van der Waals surface area contributed by atoms with Crippen LogP contribution in [0.25, 0.3) is 28.8 Å². The number of aliphatic imine (C=N–C) groups is 1. The lowest BCUT2D eigenvalue weighted by molar-refractivity contribution is 0.0290. The second-order valence-electron chi connectivity index (χ2n) is 9.03. The number of nitrogens with two attached hydrogens (primary N) is 2. The highest BCUT2D eigenvalue weighted by atomic mass is 16.5. The van der Waals surface area contributed by atoms with E-state index < -0.39 is 5.91 Å². The molecule has 3 aliphatic rings. The van der Waals surface area contributed by atoms with Crippen LogP contribution in [0.2, 0.25) is 0 Å². The Labute approximate surface area is 204 Å². The standard InChI is InChI=1S/C25H33N7O3/c26-15-17(16-28-3-4-31-5-9-34-10-6-31)21-14-20(25(27)33)24-23(29-21)19-2-1-18(13-22(19)30-24)32-7-11-35-12-8-32/h2,13-16,18,30H,1,3-12,26H2,(H2,27,33). The molecule has 0 spiro atoms. The highest BCUT2D eigenvalue weighted by Crippen LogP contribution is 2.19. The summed E-state index contributed by atoms with van der Waals surface area (Å²) in [5.41, 5.74) is 14.7. The summed E-state index contributed by atoms with van der Waals surface area (Å²) in [6, 6.07) is 1.98. The number of rotatable bonds is 7. The molecule has 1 amide bonds. The minimum atomic E-state index is -0.511. The fraction of sp³-hybridized carbons (Fsp3) is 0.480. The molecule has 186 valence electrons. The van der Waals surface area contributed by atoms with Crippen molar-refractivity contribution in [3.05, 3.63) is 34.1 Å². The van der Waals surface area contributed by atoms with E-state index in [4.69, 9.17) is 25.9 Å². The molecule has 10 heteroatoms. The van der Waals surface area contributed by atoms with Crippen molar-refractivity contribution in [1.29, 1.82) is 0 Å². The van der Waals surface area contributed by atoms with Crippen LogP contribution in [0.1, 0.15) is 22.5 Å². The van der Waals surface area contributed by atoms with Gasteiger partial charge in [0.25, 0.3) is 5.91 Å². The van der Waals surface area contributed by atoms with Crippen molar-refractivity contribution in [2.75, 3.05) is 65.7 Å². The van der Waals surface area contributed by atoms with Gasteiger partial charge in [0.15, 0.2) is 0 Å². The molecule has 1 aliphatic carbocycles. The van der Waals surface area contributed by atoms with Crippen molar-refractivity contribution < 1.29 is 14.3 Å². The predicted molar refractivity (Wildman–Crippen MR) is 136 cm³/mol. The van der Waals surface area contributed by atoms with Crippen molar-refractivity contribution in [2.45, 2.75) is 12.5 Å². The molecule has 0 bridgehead atoms. The Morgan fingerprint density at radius 2 is 1.94 bits per heavy atom. The molecule has 2 fully saturated rings. The number of ether oxygens (including phenoxy) is 2. The molecule has 0 aromatic carbocycles. The number of aromatic nitrogens is 2. The Bertz CT molecular complexity index is 1250. The number of hydrogen-bond donors (Lipinski definition) is 3. The maximum Gasteiger partial charge on any atom is 0.250 e. The third-order valence-electron chi connectivity index (χ3n) is 6.88. The number of nitrogens with zero attached hydrogens (tertiary/aromatic N) is 4. The molecule has 35 heavy (non-hydrogen) atoms. The Morgan fingerprint density at radius 1 is 1.20 bits per heavy atom. The van der Waals surface area contributed by atoms with Gasteiger partial charge in [0.1, 0.15) is 0 Å². The smallest absolute Gasteiger partial charge is 0.250 e. The summed E-state index contributed by atoms with van der Waals surface area (Å²) in [6.07, 6.45) is 8.49. The van der Waals surface area contributed by atoms with Crippen molar-refractivity contribution >= 4 is 40.9 Å². The molecule has 5 rings (SSSR count). The molecule has 2 aromatic heterocycles. The zero-order valence-electron chi connectivity index (χ0n) is 19.9. The van der Waals surface area contributed by atoms with Gasteiger partial charge in [-0.25, -0.2) is 4.98 Å². The average molecular weight is 480 g/mol. The summed E-state index contributed by atoms with van der Waals surface area (Å²) in [7, 11) is 0. The summed E-state index contributed by atoms with van der Waals surface area (Å²) in [5, 5.41) is 1.96. The van der Waals surface area contributed by atoms with Gasteiger partial charge in [0.05, 0.1) is 55.3 Å². The molecule has 4 heterocycles. The van der Waals surface area contributed by atoms with E-state index in [9.17, 15) is 4.79 Å². The number of pyridine rings is 1. The first kappa shape index (κ1) is 23.7. The lowest BCUT2D eigenvalue weighted by Gasteiger charge is -2.32. The van der Waals surface area contributed by atoms with Crippen LogP contribution in [0.3, 0.4) is 0 Å². The number of amides is 1. The summed E-state index contributed by atoms with van der Waals surface area (Å²) >= 11 is 0. The summed E-state index contributed by atoms with van der Waals surface area (Å²) in [5.74, 6) is -0.511. The molecule has 0 saturated carbocycles. The number of nitrogens with one attached hydrogen (secondary N) is 1. The van der Waals surface area contributed by atoms with Gasteiger partial charge in [-0.2, -0.15) is 0 Å². The highest BCUT2D eigenvalue weighted by Gasteiger charge is 2.22. The molecule has 5 N–H and O–H groups in total. The fourth-order valence-corrected chi connectivity index (χ4v) is 4.92. The van der Waals surface area contributed by atoms with E-state index in [-0.39, 0.29) is 6.04 Å². The first-order valence-electron chi connectivity index (χ1n) is 12.2. The lowest BCUT2D eigenvalue weighted by atomic mass is 10.0. The number of fused-ring (bicyclic) bond motifs is 3. The molecule has 10 nitrogen and oxygen atoms in total. The van der Waals surface area contributed by atoms with Gasteiger partial charge < -0.3 is 25.9 Å². The average Bonchev–Trinajstić information content (AvgIpc) is 3.27. The molecular formula is C25H33N7O3. The third-order valence-corrected chi connectivity index (χ3v) is 6.88. The minimum absolute atomic E-state index is 0.286. The second kappa shape index (κ2) is 10.7. The minimum Gasteiger partial charge on any atom is -0.404 e. The Balaban J connectivity index is 1.43. The number of primary amides is 1. The monoisotopic (exact) mass is 479 g/mol. The van der Waals surface area contributed by atoms with E-state index in [1.807, 2.05) is 0 Å². The molecule has 1 atom stereocenters. The maximum absolute atomic E-state index is 12.4. The molecule has 2 aromatic rings. The van der Waals surface area contributed by atoms with Gasteiger partial charge in [-0.05, 0) is 18.6 Å². The van der Waals surface area contributed by atoms with E-state index in [0.29, 0.717) is 28.9 Å². The van der Waals surface area contributed by atoms with Crippen molar-refractivity contribution in [2.24, 2.45) is 16.5 Å². The van der Waals surface area contributed by atoms with E-state index in [1.54, 1.807) is 12.3 Å². The summed E-state index contributed by atoms with van der Waals surface area (Å²) in [6.45, 7) is 8.21. The number of carbonyl (C=O) groups is 1. The Morgan fingerprint density at radius 3 is 2.66 bits per heavy atom. The number of morpholine rings is 2. The second-order valence-corrected chi connectivity index (χ2v) is 9.03. The van der Waals surface area contributed by atoms with Crippen molar-refractivity contribution in [1.82, 2.24) is 19.8 Å². The molecular weight excluding hydrogens is 446 g/mol. The van der Waals surface area contributed by atoms with Crippen LogP contribution < -0.4 is 22.0 Å². The number of allylic oxidation sites excluding steroid dienone is 1. The van der Waals surface area contributed by atoms with Crippen LogP contribution in [-0.4, -0.2) is 104 Å². The van der Waals surface area contributed by atoms with Gasteiger partial charge in [0.2, 0.25) is 0 Å². The SMILES string of the molecule is NC=C(C=NCCN1CCOCC1)c1cc(C(N)=O)c2[nH]c3c(c2n1)=CCC(N1CCOCC1)C=3. The van der Waals surface area contributed by atoms with E-state index in [1.165, 1.54) is 6.20 Å². The largest absolute Gasteiger partial charge is 0.404 e. The Hall–Kier alpha value is -3.05. The van der Waals surface area contributed by atoms with Gasteiger partial charge in [-0.3, -0.25) is 19.6 Å². The van der Waals surface area contributed by atoms with Crippen molar-refractivity contribution in [3.63, 3.8) is 0 Å². The van der Waals surface area contributed by atoms with Crippen LogP contribution in [0, 0.1) is 0 Å². The van der Waals surface area contributed by atoms with E-state index >= 15 is 0 Å². The normalized spacial score (nSPS) is 22.2. The van der Waals surface area contributed by atoms with Gasteiger partial charge in [-0.1, -0.05) is 6.08 Å². The van der Waals surface area contributed by atoms with Crippen LogP contribution in [0.4, 0.5) is 0 Å². The Kier molecular flexibility index (Phi) is 7.24. The number of H-pyrrole nitrogens is 1. The van der Waals surface area contributed by atoms with Gasteiger partial charge in [-0.15, -0.1) is 0 Å². The van der Waals surface area contributed by atoms with Crippen LogP contribution in [0.15, 0.2) is 17.3 Å². The zero-order valence-corrected chi connectivity index (χ0v) is 19.9. The molecule has 1 unspecified atom stereocenters. The quantitative estimate of drug-likeness (QED) is 0.435. The van der Waals surface area contributed by atoms with Gasteiger partial charge >= 0.3 is 0 Å². The summed E-state index contributed by atoms with van der Waals surface area (Å²) in [4.78, 5) is 29.9. The number of carbonyl (C=O) groups excluding carboxylic acids is 1. The van der Waals surface area contributed by atoms with Crippen LogP contribution in [0.5, 0.6) is 0 Å². The number of aromatic amines is 1. The lowest BCUT2D eigenvalue weighted by Crippen LogP contribution is -2.45. The predicted octanol–water partition coefficient (Wildman–Crippen LogP) is -0.970. The maximum atomic E-state index is 12.4. The molecule has 0 radical (unpaired) electrons. The van der Waals surface area contributed by atoms with Crippen LogP contribution in [-0.2, 0) is 9.47 Å². The molecule has 2 aliphatic heterocycles. The van der Waals surface area contributed by atoms with Crippen molar-refractivity contribution in [3.8, 4) is 0 Å². The number of hydrogen-bond acceptors (Lipinski definition) is 8. The van der Waals surface area contributed by atoms with Crippen LogP contribution >= 0.6 is 0 Å². The van der Waals surface area contributed by atoms with E-state index in [2.05, 4.69) is 31.9 Å². The highest BCUT2D eigenvalue weighted by molar-refractivity contribution is 6.11. The zero-order chi connectivity index (χ0) is 24.2. The molecule has 2 saturated heterocycles. The van der Waals surface area contributed by atoms with E-state index in [0.717, 1.165) is 81.7 Å². The first-order valence-corrected chi connectivity index (χ1v) is 12.2. The van der Waals surface area contributed by atoms with Gasteiger partial charge in [0, 0.05) is 67.3 Å².